The van der Waals surface area contributed by atoms with E-state index in [1.807, 2.05) is 12.1 Å². The molecule has 0 bridgehead atoms. The van der Waals surface area contributed by atoms with Gasteiger partial charge in [-0.2, -0.15) is 0 Å². The standard InChI is InChI=1S/C13H17NS/c1-4-10-14(2)13(11-15-3)12-8-6-5-7-9-12/h4-9,11H,1,10H2,2-3H3/b13-11-. The number of benzene rings is 1. The highest BCUT2D eigenvalue weighted by Gasteiger charge is 2.04. The van der Waals surface area contributed by atoms with E-state index in [0.717, 1.165) is 6.54 Å². The van der Waals surface area contributed by atoms with E-state index in [4.69, 9.17) is 0 Å². The molecule has 0 saturated heterocycles. The number of rotatable bonds is 5. The minimum Gasteiger partial charge on any atom is -0.370 e. The van der Waals surface area contributed by atoms with Gasteiger partial charge in [0.15, 0.2) is 0 Å². The molecule has 0 aliphatic heterocycles. The molecule has 0 atom stereocenters. The van der Waals surface area contributed by atoms with Crippen LogP contribution in [0.4, 0.5) is 0 Å². The van der Waals surface area contributed by atoms with Crippen molar-refractivity contribution < 1.29 is 0 Å². The van der Waals surface area contributed by atoms with Crippen LogP contribution < -0.4 is 0 Å². The number of nitrogens with zero attached hydrogens (tertiary/aromatic N) is 1. The molecule has 0 saturated carbocycles. The van der Waals surface area contributed by atoms with Crippen molar-refractivity contribution in [3.63, 3.8) is 0 Å². The summed E-state index contributed by atoms with van der Waals surface area (Å²) in [7, 11) is 2.08. The molecule has 1 rings (SSSR count). The minimum atomic E-state index is 0.862. The Hall–Kier alpha value is -1.15. The highest BCUT2D eigenvalue weighted by Crippen LogP contribution is 2.20. The first-order valence-corrected chi connectivity index (χ1v) is 6.18. The van der Waals surface area contributed by atoms with Crippen LogP contribution in [0.5, 0.6) is 0 Å². The highest BCUT2D eigenvalue weighted by atomic mass is 32.2. The maximum Gasteiger partial charge on any atom is 0.0503 e. The first kappa shape index (κ1) is 11.9. The molecule has 1 aromatic carbocycles. The van der Waals surface area contributed by atoms with Gasteiger partial charge in [-0.15, -0.1) is 18.3 Å². The average molecular weight is 219 g/mol. The number of hydrogen-bond donors (Lipinski definition) is 0. The van der Waals surface area contributed by atoms with Crippen molar-refractivity contribution in [2.24, 2.45) is 0 Å². The summed E-state index contributed by atoms with van der Waals surface area (Å²) in [6.07, 6.45) is 3.99. The third-order valence-electron chi connectivity index (χ3n) is 2.11. The Balaban J connectivity index is 2.93. The van der Waals surface area contributed by atoms with Crippen LogP contribution >= 0.6 is 11.8 Å². The zero-order chi connectivity index (χ0) is 11.1. The van der Waals surface area contributed by atoms with Crippen LogP contribution in [-0.4, -0.2) is 24.7 Å². The second-order valence-corrected chi connectivity index (χ2v) is 3.98. The topological polar surface area (TPSA) is 3.24 Å². The predicted octanol–water partition coefficient (Wildman–Crippen LogP) is 3.47. The molecular weight excluding hydrogens is 202 g/mol. The fourth-order valence-electron chi connectivity index (χ4n) is 1.39. The summed E-state index contributed by atoms with van der Waals surface area (Å²) >= 11 is 1.72. The third kappa shape index (κ3) is 3.48. The fourth-order valence-corrected chi connectivity index (χ4v) is 1.93. The number of likely N-dealkylation sites (N-methyl/N-ethyl adjacent to an activating group) is 1. The zero-order valence-corrected chi connectivity index (χ0v) is 10.1. The summed E-state index contributed by atoms with van der Waals surface area (Å²) in [6, 6.07) is 10.4. The molecule has 80 valence electrons. The quantitative estimate of drug-likeness (QED) is 0.698. The Morgan fingerprint density at radius 2 is 2.07 bits per heavy atom. The van der Waals surface area contributed by atoms with Crippen LogP contribution in [0, 0.1) is 0 Å². The first-order chi connectivity index (χ1) is 7.29. The first-order valence-electron chi connectivity index (χ1n) is 4.90. The van der Waals surface area contributed by atoms with Crippen molar-refractivity contribution in [3.8, 4) is 0 Å². The SMILES string of the molecule is C=CCN(C)/C(=C\SC)c1ccccc1. The largest absolute Gasteiger partial charge is 0.370 e. The maximum atomic E-state index is 3.76. The van der Waals surface area contributed by atoms with Gasteiger partial charge >= 0.3 is 0 Å². The Morgan fingerprint density at radius 3 is 2.60 bits per heavy atom. The smallest absolute Gasteiger partial charge is 0.0503 e. The van der Waals surface area contributed by atoms with E-state index in [-0.39, 0.29) is 0 Å². The second-order valence-electron chi connectivity index (χ2n) is 3.27. The zero-order valence-electron chi connectivity index (χ0n) is 9.31. The number of hydrogen-bond acceptors (Lipinski definition) is 2. The van der Waals surface area contributed by atoms with Crippen molar-refractivity contribution in [1.82, 2.24) is 4.90 Å². The van der Waals surface area contributed by atoms with Gasteiger partial charge in [0.05, 0.1) is 5.70 Å². The lowest BCUT2D eigenvalue weighted by atomic mass is 10.1. The molecule has 0 fully saturated rings. The predicted molar refractivity (Wildman–Crippen MR) is 70.8 cm³/mol. The maximum absolute atomic E-state index is 3.76. The van der Waals surface area contributed by atoms with Crippen molar-refractivity contribution >= 4 is 17.5 Å². The van der Waals surface area contributed by atoms with Crippen molar-refractivity contribution in [2.45, 2.75) is 0 Å². The van der Waals surface area contributed by atoms with Crippen LogP contribution in [0.15, 0.2) is 48.4 Å². The van der Waals surface area contributed by atoms with Crippen molar-refractivity contribution in [2.75, 3.05) is 19.8 Å². The van der Waals surface area contributed by atoms with E-state index in [1.165, 1.54) is 11.3 Å². The molecule has 0 aromatic heterocycles. The van der Waals surface area contributed by atoms with Gasteiger partial charge in [0.1, 0.15) is 0 Å². The number of thioether (sulfide) groups is 1. The van der Waals surface area contributed by atoms with Gasteiger partial charge in [-0.05, 0) is 17.2 Å². The molecule has 0 spiro atoms. The lowest BCUT2D eigenvalue weighted by molar-refractivity contribution is 0.537. The van der Waals surface area contributed by atoms with E-state index >= 15 is 0 Å². The highest BCUT2D eigenvalue weighted by molar-refractivity contribution is 8.01. The Kier molecular flexibility index (Phi) is 5.05. The summed E-state index contributed by atoms with van der Waals surface area (Å²) in [4.78, 5) is 2.19. The monoisotopic (exact) mass is 219 g/mol. The summed E-state index contributed by atoms with van der Waals surface area (Å²) < 4.78 is 0. The van der Waals surface area contributed by atoms with E-state index in [9.17, 15) is 0 Å². The van der Waals surface area contributed by atoms with E-state index in [1.54, 1.807) is 11.8 Å². The van der Waals surface area contributed by atoms with E-state index < -0.39 is 0 Å². The molecule has 0 aliphatic rings. The van der Waals surface area contributed by atoms with Crippen molar-refractivity contribution in [1.29, 1.82) is 0 Å². The summed E-state index contributed by atoms with van der Waals surface area (Å²) in [6.45, 7) is 4.62. The minimum absolute atomic E-state index is 0.862. The van der Waals surface area contributed by atoms with Crippen LogP contribution in [0.1, 0.15) is 5.56 Å². The van der Waals surface area contributed by atoms with Gasteiger partial charge in [0, 0.05) is 13.6 Å². The molecule has 0 N–H and O–H groups in total. The molecule has 1 aromatic rings. The molecular formula is C13H17NS. The fraction of sp³-hybridized carbons (Fsp3) is 0.231. The summed E-state index contributed by atoms with van der Waals surface area (Å²) in [5, 5.41) is 2.17. The van der Waals surface area contributed by atoms with E-state index in [0.29, 0.717) is 0 Å². The lowest BCUT2D eigenvalue weighted by Crippen LogP contribution is -2.16. The van der Waals surface area contributed by atoms with Gasteiger partial charge in [-0.1, -0.05) is 36.4 Å². The molecule has 0 unspecified atom stereocenters. The molecule has 1 nitrogen and oxygen atoms in total. The van der Waals surface area contributed by atoms with Crippen LogP contribution in [0.25, 0.3) is 5.70 Å². The van der Waals surface area contributed by atoms with Crippen molar-refractivity contribution in [3.05, 3.63) is 54.0 Å². The van der Waals surface area contributed by atoms with Crippen LogP contribution in [-0.2, 0) is 0 Å². The Morgan fingerprint density at radius 1 is 1.40 bits per heavy atom. The van der Waals surface area contributed by atoms with Gasteiger partial charge in [0.2, 0.25) is 0 Å². The Bertz CT molecular complexity index is 330. The van der Waals surface area contributed by atoms with Gasteiger partial charge in [-0.3, -0.25) is 0 Å². The molecule has 2 heteroatoms. The summed E-state index contributed by atoms with van der Waals surface area (Å²) in [5.74, 6) is 0. The van der Waals surface area contributed by atoms with Gasteiger partial charge in [-0.25, -0.2) is 0 Å². The normalized spacial score (nSPS) is 11.2. The van der Waals surface area contributed by atoms with Crippen LogP contribution in [0.2, 0.25) is 0 Å². The lowest BCUT2D eigenvalue weighted by Gasteiger charge is -2.21. The molecule has 0 aliphatic carbocycles. The van der Waals surface area contributed by atoms with Crippen LogP contribution in [0.3, 0.4) is 0 Å². The third-order valence-corrected chi connectivity index (χ3v) is 2.57. The molecule has 0 amide bonds. The molecule has 0 radical (unpaired) electrons. The average Bonchev–Trinajstić information content (AvgIpc) is 2.27. The Labute approximate surface area is 96.5 Å². The van der Waals surface area contributed by atoms with Gasteiger partial charge in [0.25, 0.3) is 0 Å². The van der Waals surface area contributed by atoms with E-state index in [2.05, 4.69) is 54.5 Å². The summed E-state index contributed by atoms with van der Waals surface area (Å²) in [5.41, 5.74) is 2.49. The molecule has 15 heavy (non-hydrogen) atoms. The second kappa shape index (κ2) is 6.36. The van der Waals surface area contributed by atoms with Gasteiger partial charge < -0.3 is 4.90 Å². The molecule has 0 heterocycles.